The summed E-state index contributed by atoms with van der Waals surface area (Å²) < 4.78 is 13.2. The predicted molar refractivity (Wildman–Crippen MR) is 93.1 cm³/mol. The van der Waals surface area contributed by atoms with Crippen LogP contribution in [0.4, 0.5) is 10.2 Å². The van der Waals surface area contributed by atoms with Crippen molar-refractivity contribution in [2.75, 3.05) is 18.5 Å². The first-order valence-corrected chi connectivity index (χ1v) is 7.81. The van der Waals surface area contributed by atoms with Gasteiger partial charge in [-0.25, -0.2) is 14.4 Å². The van der Waals surface area contributed by atoms with Crippen LogP contribution in [0, 0.1) is 5.82 Å². The highest BCUT2D eigenvalue weighted by molar-refractivity contribution is 5.67. The molecular weight excluding hydrogens is 305 g/mol. The lowest BCUT2D eigenvalue weighted by Gasteiger charge is -2.10. The normalized spacial score (nSPS) is 10.6. The maximum atomic E-state index is 13.2. The van der Waals surface area contributed by atoms with Gasteiger partial charge in [0.15, 0.2) is 5.82 Å². The second-order valence-corrected chi connectivity index (χ2v) is 5.34. The second-order valence-electron chi connectivity index (χ2n) is 5.34. The molecule has 0 fully saturated rings. The molecule has 0 bridgehead atoms. The zero-order valence-electron chi connectivity index (χ0n) is 13.1. The van der Waals surface area contributed by atoms with E-state index >= 15 is 0 Å². The fraction of sp³-hybridized carbons (Fsp3) is 0.158. The molecule has 5 heteroatoms. The van der Waals surface area contributed by atoms with Crippen LogP contribution < -0.4 is 5.32 Å². The molecule has 0 aliphatic carbocycles. The highest BCUT2D eigenvalue weighted by Gasteiger charge is 2.08. The Kier molecular flexibility index (Phi) is 5.13. The van der Waals surface area contributed by atoms with Crippen molar-refractivity contribution >= 4 is 5.82 Å². The van der Waals surface area contributed by atoms with E-state index in [1.807, 2.05) is 36.4 Å². The Labute approximate surface area is 140 Å². The minimum absolute atomic E-state index is 0.119. The smallest absolute Gasteiger partial charge is 0.162 e. The Morgan fingerprint density at radius 2 is 1.67 bits per heavy atom. The number of aliphatic hydroxyl groups is 1. The molecule has 0 amide bonds. The fourth-order valence-electron chi connectivity index (χ4n) is 2.32. The van der Waals surface area contributed by atoms with Gasteiger partial charge in [-0.2, -0.15) is 0 Å². The van der Waals surface area contributed by atoms with Crippen molar-refractivity contribution < 1.29 is 9.50 Å². The number of rotatable bonds is 6. The van der Waals surface area contributed by atoms with Crippen LogP contribution in [-0.2, 0) is 0 Å². The Balaban J connectivity index is 2.00. The van der Waals surface area contributed by atoms with Crippen molar-refractivity contribution in [1.29, 1.82) is 0 Å². The molecular formula is C19H18FN3O. The Morgan fingerprint density at radius 3 is 2.38 bits per heavy atom. The van der Waals surface area contributed by atoms with Gasteiger partial charge >= 0.3 is 0 Å². The number of hydrogen-bond donors (Lipinski definition) is 2. The number of benzene rings is 2. The van der Waals surface area contributed by atoms with Gasteiger partial charge in [0, 0.05) is 30.3 Å². The summed E-state index contributed by atoms with van der Waals surface area (Å²) in [5, 5.41) is 12.1. The van der Waals surface area contributed by atoms with Crippen molar-refractivity contribution in [3.63, 3.8) is 0 Å². The molecule has 4 nitrogen and oxygen atoms in total. The predicted octanol–water partition coefficient (Wildman–Crippen LogP) is 3.74. The summed E-state index contributed by atoms with van der Waals surface area (Å²) in [5.74, 6) is 0.998. The van der Waals surface area contributed by atoms with Gasteiger partial charge in [0.25, 0.3) is 0 Å². The lowest BCUT2D eigenvalue weighted by molar-refractivity contribution is 0.292. The monoisotopic (exact) mass is 323 g/mol. The van der Waals surface area contributed by atoms with Gasteiger partial charge in [-0.15, -0.1) is 0 Å². The number of nitrogens with zero attached hydrogens (tertiary/aromatic N) is 2. The summed E-state index contributed by atoms with van der Waals surface area (Å²) in [6, 6.07) is 17.8. The van der Waals surface area contributed by atoms with Crippen molar-refractivity contribution in [2.24, 2.45) is 0 Å². The highest BCUT2D eigenvalue weighted by Crippen LogP contribution is 2.24. The first-order chi connectivity index (χ1) is 11.8. The first-order valence-electron chi connectivity index (χ1n) is 7.81. The van der Waals surface area contributed by atoms with Crippen LogP contribution in [0.1, 0.15) is 6.42 Å². The van der Waals surface area contributed by atoms with Crippen molar-refractivity contribution in [2.45, 2.75) is 6.42 Å². The third kappa shape index (κ3) is 3.94. The van der Waals surface area contributed by atoms with Crippen LogP contribution in [-0.4, -0.2) is 28.2 Å². The minimum Gasteiger partial charge on any atom is -0.396 e. The molecule has 122 valence electrons. The van der Waals surface area contributed by atoms with Crippen molar-refractivity contribution in [3.05, 3.63) is 66.5 Å². The molecule has 0 saturated heterocycles. The van der Waals surface area contributed by atoms with E-state index in [9.17, 15) is 4.39 Å². The Hall–Kier alpha value is -2.79. The van der Waals surface area contributed by atoms with E-state index in [0.717, 1.165) is 16.8 Å². The summed E-state index contributed by atoms with van der Waals surface area (Å²) in [6.45, 7) is 0.735. The molecule has 0 radical (unpaired) electrons. The van der Waals surface area contributed by atoms with Crippen LogP contribution in [0.2, 0.25) is 0 Å². The van der Waals surface area contributed by atoms with Crippen molar-refractivity contribution in [3.8, 4) is 22.6 Å². The Morgan fingerprint density at radius 1 is 0.917 bits per heavy atom. The van der Waals surface area contributed by atoms with Gasteiger partial charge in [-0.3, -0.25) is 0 Å². The summed E-state index contributed by atoms with van der Waals surface area (Å²) in [5.41, 5.74) is 2.45. The maximum Gasteiger partial charge on any atom is 0.162 e. The van der Waals surface area contributed by atoms with Crippen LogP contribution in [0.5, 0.6) is 0 Å². The van der Waals surface area contributed by atoms with Gasteiger partial charge < -0.3 is 10.4 Å². The molecule has 1 aromatic heterocycles. The molecule has 0 aliphatic rings. The molecule has 3 aromatic rings. The van der Waals surface area contributed by atoms with Gasteiger partial charge in [0.1, 0.15) is 11.6 Å². The molecule has 0 aliphatic heterocycles. The van der Waals surface area contributed by atoms with Gasteiger partial charge in [0.2, 0.25) is 0 Å². The van der Waals surface area contributed by atoms with Crippen LogP contribution in [0.15, 0.2) is 60.7 Å². The van der Waals surface area contributed by atoms with Gasteiger partial charge in [0.05, 0.1) is 5.69 Å². The molecule has 0 atom stereocenters. The lowest BCUT2D eigenvalue weighted by atomic mass is 10.1. The minimum atomic E-state index is -0.280. The topological polar surface area (TPSA) is 58.0 Å². The second kappa shape index (κ2) is 7.66. The van der Waals surface area contributed by atoms with E-state index in [1.54, 1.807) is 12.1 Å². The molecule has 24 heavy (non-hydrogen) atoms. The van der Waals surface area contributed by atoms with E-state index in [2.05, 4.69) is 15.3 Å². The molecule has 1 heterocycles. The molecule has 2 aromatic carbocycles. The highest BCUT2D eigenvalue weighted by atomic mass is 19.1. The first kappa shape index (κ1) is 16.1. The molecule has 2 N–H and O–H groups in total. The maximum absolute atomic E-state index is 13.2. The molecule has 3 rings (SSSR count). The van der Waals surface area contributed by atoms with Crippen molar-refractivity contribution in [1.82, 2.24) is 9.97 Å². The number of nitrogens with one attached hydrogen (secondary N) is 1. The van der Waals surface area contributed by atoms with E-state index in [1.165, 1.54) is 12.1 Å². The lowest BCUT2D eigenvalue weighted by Crippen LogP contribution is -2.06. The summed E-state index contributed by atoms with van der Waals surface area (Å²) in [6.07, 6.45) is 0.635. The summed E-state index contributed by atoms with van der Waals surface area (Å²) in [7, 11) is 0. The van der Waals surface area contributed by atoms with Crippen LogP contribution >= 0.6 is 0 Å². The van der Waals surface area contributed by atoms with Crippen LogP contribution in [0.25, 0.3) is 22.6 Å². The number of aromatic nitrogens is 2. The zero-order valence-corrected chi connectivity index (χ0v) is 13.1. The van der Waals surface area contributed by atoms with E-state index in [4.69, 9.17) is 5.11 Å². The number of hydrogen-bond acceptors (Lipinski definition) is 4. The van der Waals surface area contributed by atoms with E-state index in [-0.39, 0.29) is 12.4 Å². The van der Waals surface area contributed by atoms with Crippen LogP contribution in [0.3, 0.4) is 0 Å². The third-order valence-electron chi connectivity index (χ3n) is 3.54. The summed E-state index contributed by atoms with van der Waals surface area (Å²) in [4.78, 5) is 9.15. The standard InChI is InChI=1S/C19H18FN3O/c20-16-9-7-14(8-10-16)17-13-18(21-11-4-12-24)23-19(22-17)15-5-2-1-3-6-15/h1-3,5-10,13,24H,4,11-12H2,(H,21,22,23). The average Bonchev–Trinajstić information content (AvgIpc) is 2.63. The third-order valence-corrected chi connectivity index (χ3v) is 3.54. The largest absolute Gasteiger partial charge is 0.396 e. The number of anilines is 1. The summed E-state index contributed by atoms with van der Waals surface area (Å²) >= 11 is 0. The zero-order chi connectivity index (χ0) is 16.8. The van der Waals surface area contributed by atoms with Gasteiger partial charge in [-0.1, -0.05) is 30.3 Å². The average molecular weight is 323 g/mol. The molecule has 0 unspecified atom stereocenters. The SMILES string of the molecule is OCCCNc1cc(-c2ccc(F)cc2)nc(-c2ccccc2)n1. The fourth-order valence-corrected chi connectivity index (χ4v) is 2.32. The molecule has 0 spiro atoms. The Bertz CT molecular complexity index is 791. The molecule has 0 saturated carbocycles. The number of halogens is 1. The van der Waals surface area contributed by atoms with E-state index < -0.39 is 0 Å². The van der Waals surface area contributed by atoms with Gasteiger partial charge in [-0.05, 0) is 30.7 Å². The number of aliphatic hydroxyl groups excluding tert-OH is 1. The van der Waals surface area contributed by atoms with E-state index in [0.29, 0.717) is 24.6 Å². The quantitative estimate of drug-likeness (QED) is 0.678.